The van der Waals surface area contributed by atoms with E-state index in [2.05, 4.69) is 34.2 Å². The number of aliphatic hydroxyl groups excluding tert-OH is 1. The average Bonchev–Trinajstić information content (AvgIpc) is 2.74. The summed E-state index contributed by atoms with van der Waals surface area (Å²) in [6, 6.07) is 0.405. The fourth-order valence-corrected chi connectivity index (χ4v) is 2.44. The molecule has 1 saturated heterocycles. The maximum absolute atomic E-state index is 9.76. The van der Waals surface area contributed by atoms with Crippen molar-refractivity contribution in [2.45, 2.75) is 25.1 Å². The quantitative estimate of drug-likeness (QED) is 0.754. The molecule has 0 spiro atoms. The van der Waals surface area contributed by atoms with Crippen molar-refractivity contribution in [2.24, 2.45) is 7.05 Å². The summed E-state index contributed by atoms with van der Waals surface area (Å²) in [6.07, 6.45) is 2.56. The van der Waals surface area contributed by atoms with Gasteiger partial charge in [-0.25, -0.2) is 0 Å². The maximum atomic E-state index is 9.76. The van der Waals surface area contributed by atoms with Gasteiger partial charge in [0.15, 0.2) is 0 Å². The first-order valence-corrected chi connectivity index (χ1v) is 5.96. The standard InChI is InChI=1S/C11H21N5O/c1-14(2)7-10-4-11(17)8-16(10)6-9-5-15(3)13-12-9/h5,10-11,17H,4,6-8H2,1-3H3. The van der Waals surface area contributed by atoms with Crippen molar-refractivity contribution in [1.82, 2.24) is 24.8 Å². The van der Waals surface area contributed by atoms with E-state index in [1.807, 2.05) is 13.2 Å². The summed E-state index contributed by atoms with van der Waals surface area (Å²) < 4.78 is 1.71. The lowest BCUT2D eigenvalue weighted by molar-refractivity contribution is 0.168. The molecule has 2 rings (SSSR count). The second-order valence-corrected chi connectivity index (χ2v) is 5.12. The molecular formula is C11H21N5O. The zero-order chi connectivity index (χ0) is 12.4. The van der Waals surface area contributed by atoms with Gasteiger partial charge in [0.05, 0.1) is 11.8 Å². The molecule has 1 aromatic heterocycles. The number of β-amino-alcohol motifs (C(OH)–C–C–N with tert-alkyl or cyclic N) is 1. The molecule has 1 aromatic rings. The van der Waals surface area contributed by atoms with Crippen LogP contribution in [-0.4, -0.2) is 69.2 Å². The van der Waals surface area contributed by atoms with Crippen LogP contribution < -0.4 is 0 Å². The van der Waals surface area contributed by atoms with Gasteiger partial charge in [0, 0.05) is 38.9 Å². The molecule has 6 heteroatoms. The zero-order valence-corrected chi connectivity index (χ0v) is 10.7. The summed E-state index contributed by atoms with van der Waals surface area (Å²) in [5.41, 5.74) is 0.963. The fourth-order valence-electron chi connectivity index (χ4n) is 2.44. The van der Waals surface area contributed by atoms with Crippen molar-refractivity contribution < 1.29 is 5.11 Å². The van der Waals surface area contributed by atoms with Crippen molar-refractivity contribution in [3.63, 3.8) is 0 Å². The summed E-state index contributed by atoms with van der Waals surface area (Å²) in [5.74, 6) is 0. The Morgan fingerprint density at radius 3 is 2.88 bits per heavy atom. The minimum Gasteiger partial charge on any atom is -0.392 e. The minimum atomic E-state index is -0.211. The van der Waals surface area contributed by atoms with E-state index in [0.29, 0.717) is 6.04 Å². The van der Waals surface area contributed by atoms with Crippen LogP contribution >= 0.6 is 0 Å². The van der Waals surface area contributed by atoms with E-state index in [4.69, 9.17) is 0 Å². The van der Waals surface area contributed by atoms with Crippen molar-refractivity contribution >= 4 is 0 Å². The van der Waals surface area contributed by atoms with Gasteiger partial charge < -0.3 is 10.0 Å². The van der Waals surface area contributed by atoms with Crippen molar-refractivity contribution in [3.05, 3.63) is 11.9 Å². The molecule has 1 fully saturated rings. The molecule has 0 aliphatic carbocycles. The predicted molar refractivity (Wildman–Crippen MR) is 64.4 cm³/mol. The Morgan fingerprint density at radius 2 is 2.29 bits per heavy atom. The summed E-state index contributed by atoms with van der Waals surface area (Å²) in [5, 5.41) is 17.8. The highest BCUT2D eigenvalue weighted by molar-refractivity contribution is 4.96. The van der Waals surface area contributed by atoms with E-state index in [1.54, 1.807) is 4.68 Å². The Hall–Kier alpha value is -0.980. The van der Waals surface area contributed by atoms with Crippen LogP contribution in [0.15, 0.2) is 6.20 Å². The zero-order valence-electron chi connectivity index (χ0n) is 10.7. The number of likely N-dealkylation sites (N-methyl/N-ethyl adjacent to an activating group) is 1. The van der Waals surface area contributed by atoms with E-state index in [9.17, 15) is 5.11 Å². The Balaban J connectivity index is 1.98. The number of rotatable bonds is 4. The number of hydrogen-bond acceptors (Lipinski definition) is 5. The SMILES string of the molecule is CN(C)CC1CC(O)CN1Cc1cn(C)nn1. The second kappa shape index (κ2) is 5.12. The summed E-state index contributed by atoms with van der Waals surface area (Å²) >= 11 is 0. The Bertz CT molecular complexity index is 364. The van der Waals surface area contributed by atoms with Crippen LogP contribution in [0.3, 0.4) is 0 Å². The van der Waals surface area contributed by atoms with Gasteiger partial charge in [-0.15, -0.1) is 5.10 Å². The molecule has 96 valence electrons. The minimum absolute atomic E-state index is 0.211. The first kappa shape index (κ1) is 12.5. The second-order valence-electron chi connectivity index (χ2n) is 5.12. The van der Waals surface area contributed by atoms with E-state index in [0.717, 1.165) is 31.7 Å². The Labute approximate surface area is 102 Å². The number of aliphatic hydroxyl groups is 1. The van der Waals surface area contributed by atoms with Crippen molar-refractivity contribution in [3.8, 4) is 0 Å². The molecule has 0 saturated carbocycles. The number of aromatic nitrogens is 3. The van der Waals surface area contributed by atoms with Crippen molar-refractivity contribution in [2.75, 3.05) is 27.2 Å². The van der Waals surface area contributed by atoms with Crippen LogP contribution in [-0.2, 0) is 13.6 Å². The van der Waals surface area contributed by atoms with Gasteiger partial charge in [0.25, 0.3) is 0 Å². The van der Waals surface area contributed by atoms with Gasteiger partial charge >= 0.3 is 0 Å². The molecule has 0 aromatic carbocycles. The molecule has 2 unspecified atom stereocenters. The van der Waals surface area contributed by atoms with Gasteiger partial charge in [0.2, 0.25) is 0 Å². The van der Waals surface area contributed by atoms with E-state index >= 15 is 0 Å². The molecule has 1 aliphatic rings. The normalized spacial score (nSPS) is 25.9. The summed E-state index contributed by atoms with van der Waals surface area (Å²) in [6.45, 7) is 2.47. The predicted octanol–water partition coefficient (Wildman–Crippen LogP) is -0.688. The van der Waals surface area contributed by atoms with Gasteiger partial charge in [0.1, 0.15) is 0 Å². The number of nitrogens with zero attached hydrogens (tertiary/aromatic N) is 5. The smallest absolute Gasteiger partial charge is 0.0967 e. The number of hydrogen-bond donors (Lipinski definition) is 1. The molecule has 0 amide bonds. The summed E-state index contributed by atoms with van der Waals surface area (Å²) in [4.78, 5) is 4.45. The molecule has 2 heterocycles. The van der Waals surface area contributed by atoms with E-state index < -0.39 is 0 Å². The largest absolute Gasteiger partial charge is 0.392 e. The highest BCUT2D eigenvalue weighted by Gasteiger charge is 2.31. The maximum Gasteiger partial charge on any atom is 0.0967 e. The van der Waals surface area contributed by atoms with Gasteiger partial charge in [-0.05, 0) is 20.5 Å². The lowest BCUT2D eigenvalue weighted by Gasteiger charge is -2.25. The first-order valence-electron chi connectivity index (χ1n) is 5.96. The van der Waals surface area contributed by atoms with Crippen LogP contribution in [0.4, 0.5) is 0 Å². The van der Waals surface area contributed by atoms with Gasteiger partial charge in [-0.3, -0.25) is 9.58 Å². The first-order chi connectivity index (χ1) is 8.04. The van der Waals surface area contributed by atoms with E-state index in [-0.39, 0.29) is 6.10 Å². The third kappa shape index (κ3) is 3.24. The monoisotopic (exact) mass is 239 g/mol. The number of likely N-dealkylation sites (tertiary alicyclic amines) is 1. The molecule has 2 atom stereocenters. The Morgan fingerprint density at radius 1 is 1.53 bits per heavy atom. The molecule has 1 N–H and O–H groups in total. The molecule has 17 heavy (non-hydrogen) atoms. The highest BCUT2D eigenvalue weighted by Crippen LogP contribution is 2.20. The van der Waals surface area contributed by atoms with Crippen LogP contribution in [0.2, 0.25) is 0 Å². The van der Waals surface area contributed by atoms with Crippen LogP contribution in [0.1, 0.15) is 12.1 Å². The highest BCUT2D eigenvalue weighted by atomic mass is 16.3. The van der Waals surface area contributed by atoms with Crippen LogP contribution in [0, 0.1) is 0 Å². The molecular weight excluding hydrogens is 218 g/mol. The van der Waals surface area contributed by atoms with Crippen LogP contribution in [0.5, 0.6) is 0 Å². The van der Waals surface area contributed by atoms with Crippen LogP contribution in [0.25, 0.3) is 0 Å². The Kier molecular flexibility index (Phi) is 3.76. The molecule has 6 nitrogen and oxygen atoms in total. The molecule has 1 aliphatic heterocycles. The topological polar surface area (TPSA) is 57.4 Å². The molecule has 0 bridgehead atoms. The fraction of sp³-hybridized carbons (Fsp3) is 0.818. The van der Waals surface area contributed by atoms with Crippen molar-refractivity contribution in [1.29, 1.82) is 0 Å². The summed E-state index contributed by atoms with van der Waals surface area (Å²) in [7, 11) is 5.99. The third-order valence-corrected chi connectivity index (χ3v) is 3.10. The van der Waals surface area contributed by atoms with E-state index in [1.165, 1.54) is 0 Å². The van der Waals surface area contributed by atoms with Gasteiger partial charge in [-0.2, -0.15) is 0 Å². The average molecular weight is 239 g/mol. The lowest BCUT2D eigenvalue weighted by atomic mass is 10.2. The molecule has 0 radical (unpaired) electrons. The number of aryl methyl sites for hydroxylation is 1. The van der Waals surface area contributed by atoms with Gasteiger partial charge in [-0.1, -0.05) is 5.21 Å². The lowest BCUT2D eigenvalue weighted by Crippen LogP contribution is -2.37. The third-order valence-electron chi connectivity index (χ3n) is 3.10.